The molecule has 1 aliphatic carbocycles. The molecule has 33 heavy (non-hydrogen) atoms. The highest BCUT2D eigenvalue weighted by molar-refractivity contribution is 7.80. The fraction of sp³-hybridized carbons (Fsp3) is 0.400. The summed E-state index contributed by atoms with van der Waals surface area (Å²) in [5, 5.41) is 8.02. The van der Waals surface area contributed by atoms with Crippen molar-refractivity contribution in [1.82, 2.24) is 10.7 Å². The lowest BCUT2D eigenvalue weighted by atomic mass is 9.96. The fourth-order valence-corrected chi connectivity index (χ4v) is 3.76. The molecule has 0 spiro atoms. The van der Waals surface area contributed by atoms with Gasteiger partial charge in [-0.3, -0.25) is 5.43 Å². The number of ether oxygens (including phenoxy) is 3. The molecule has 0 heterocycles. The molecule has 0 radical (unpaired) electrons. The molecule has 0 saturated heterocycles. The van der Waals surface area contributed by atoms with Crippen LogP contribution in [-0.4, -0.2) is 37.1 Å². The van der Waals surface area contributed by atoms with E-state index in [1.807, 2.05) is 6.92 Å². The molecule has 1 saturated carbocycles. The normalized spacial score (nSPS) is 14.0. The summed E-state index contributed by atoms with van der Waals surface area (Å²) in [5.74, 6) is 1.00. The van der Waals surface area contributed by atoms with Crippen molar-refractivity contribution < 1.29 is 19.0 Å². The van der Waals surface area contributed by atoms with Gasteiger partial charge in [0.05, 0.1) is 25.5 Å². The molecule has 0 bridgehead atoms. The van der Waals surface area contributed by atoms with Gasteiger partial charge in [-0.1, -0.05) is 26.2 Å². The summed E-state index contributed by atoms with van der Waals surface area (Å²) in [4.78, 5) is 12.5. The zero-order valence-electron chi connectivity index (χ0n) is 19.1. The number of hydrogen-bond donors (Lipinski definition) is 2. The van der Waals surface area contributed by atoms with Crippen molar-refractivity contribution in [2.75, 3.05) is 13.7 Å². The maximum Gasteiger partial charge on any atom is 0.343 e. The van der Waals surface area contributed by atoms with Gasteiger partial charge in [0, 0.05) is 6.04 Å². The average molecular weight is 470 g/mol. The van der Waals surface area contributed by atoms with Gasteiger partial charge < -0.3 is 19.5 Å². The highest BCUT2D eigenvalue weighted by atomic mass is 32.1. The van der Waals surface area contributed by atoms with Gasteiger partial charge in [0.25, 0.3) is 0 Å². The summed E-state index contributed by atoms with van der Waals surface area (Å²) in [6.45, 7) is 2.67. The van der Waals surface area contributed by atoms with Gasteiger partial charge in [-0.25, -0.2) is 4.79 Å². The van der Waals surface area contributed by atoms with E-state index in [-0.39, 0.29) is 0 Å². The number of esters is 1. The Labute approximate surface area is 200 Å². The summed E-state index contributed by atoms with van der Waals surface area (Å²) < 4.78 is 16.5. The molecule has 7 nitrogen and oxygen atoms in total. The molecule has 0 atom stereocenters. The lowest BCUT2D eigenvalue weighted by Gasteiger charge is -2.23. The molecule has 2 aromatic rings. The standard InChI is InChI=1S/C25H31N3O4S/c1-3-15-31-21-12-10-19(11-13-21)24(29)32-22-14-9-18(16-23(22)30-2)17-26-28-25(33)27-20-7-5-4-6-8-20/h9-14,16-17,20H,3-8,15H2,1-2H3,(H2,27,28,33)/b26-17-. The second-order valence-electron chi connectivity index (χ2n) is 7.85. The van der Waals surface area contributed by atoms with Gasteiger partial charge in [0.1, 0.15) is 5.75 Å². The summed E-state index contributed by atoms with van der Waals surface area (Å²) in [6.07, 6.45) is 8.60. The number of nitrogens with one attached hydrogen (secondary N) is 2. The third kappa shape index (κ3) is 7.75. The summed E-state index contributed by atoms with van der Waals surface area (Å²) in [5.41, 5.74) is 4.06. The average Bonchev–Trinajstić information content (AvgIpc) is 2.84. The van der Waals surface area contributed by atoms with E-state index in [2.05, 4.69) is 15.8 Å². The Morgan fingerprint density at radius 3 is 2.58 bits per heavy atom. The molecular weight excluding hydrogens is 438 g/mol. The maximum atomic E-state index is 12.5. The van der Waals surface area contributed by atoms with Crippen molar-refractivity contribution in [2.45, 2.75) is 51.5 Å². The van der Waals surface area contributed by atoms with E-state index in [9.17, 15) is 4.79 Å². The van der Waals surface area contributed by atoms with Gasteiger partial charge in [-0.15, -0.1) is 0 Å². The van der Waals surface area contributed by atoms with Crippen LogP contribution in [0.25, 0.3) is 0 Å². The molecular formula is C25H31N3O4S. The predicted octanol–water partition coefficient (Wildman–Crippen LogP) is 4.83. The van der Waals surface area contributed by atoms with E-state index in [0.29, 0.717) is 34.8 Å². The van der Waals surface area contributed by atoms with Gasteiger partial charge >= 0.3 is 5.97 Å². The Bertz CT molecular complexity index is 957. The Kier molecular flexibility index (Phi) is 9.50. The lowest BCUT2D eigenvalue weighted by Crippen LogP contribution is -2.40. The summed E-state index contributed by atoms with van der Waals surface area (Å²) >= 11 is 5.32. The molecule has 2 aromatic carbocycles. The van der Waals surface area contributed by atoms with Crippen molar-refractivity contribution in [3.05, 3.63) is 53.6 Å². The van der Waals surface area contributed by atoms with Crippen LogP contribution in [0.1, 0.15) is 61.4 Å². The number of hydrazone groups is 1. The second kappa shape index (κ2) is 12.8. The molecule has 0 amide bonds. The number of rotatable bonds is 9. The minimum atomic E-state index is -0.474. The van der Waals surface area contributed by atoms with Crippen LogP contribution in [0, 0.1) is 0 Å². The predicted molar refractivity (Wildman–Crippen MR) is 134 cm³/mol. The fourth-order valence-electron chi connectivity index (χ4n) is 3.54. The van der Waals surface area contributed by atoms with E-state index in [0.717, 1.165) is 30.6 Å². The lowest BCUT2D eigenvalue weighted by molar-refractivity contribution is 0.0729. The Balaban J connectivity index is 1.55. The largest absolute Gasteiger partial charge is 0.494 e. The first-order valence-electron chi connectivity index (χ1n) is 11.3. The number of benzene rings is 2. The zero-order chi connectivity index (χ0) is 23.5. The van der Waals surface area contributed by atoms with Crippen molar-refractivity contribution >= 4 is 29.5 Å². The minimum absolute atomic E-state index is 0.327. The third-order valence-corrected chi connectivity index (χ3v) is 5.48. The molecule has 2 N–H and O–H groups in total. The molecule has 0 aromatic heterocycles. The molecule has 0 unspecified atom stereocenters. The maximum absolute atomic E-state index is 12.5. The molecule has 1 aliphatic rings. The third-order valence-electron chi connectivity index (χ3n) is 5.27. The van der Waals surface area contributed by atoms with Crippen LogP contribution >= 0.6 is 12.2 Å². The van der Waals surface area contributed by atoms with Crippen LogP contribution in [0.2, 0.25) is 0 Å². The van der Waals surface area contributed by atoms with E-state index in [1.54, 1.807) is 48.7 Å². The van der Waals surface area contributed by atoms with E-state index in [1.165, 1.54) is 26.4 Å². The summed E-state index contributed by atoms with van der Waals surface area (Å²) in [6, 6.07) is 12.5. The second-order valence-corrected chi connectivity index (χ2v) is 8.26. The first-order valence-corrected chi connectivity index (χ1v) is 11.7. The molecule has 8 heteroatoms. The first-order chi connectivity index (χ1) is 16.1. The van der Waals surface area contributed by atoms with Crippen LogP contribution in [0.5, 0.6) is 17.2 Å². The number of hydrogen-bond acceptors (Lipinski definition) is 6. The Hall–Kier alpha value is -3.13. The molecule has 0 aliphatic heterocycles. The van der Waals surface area contributed by atoms with Gasteiger partial charge in [0.2, 0.25) is 0 Å². The quantitative estimate of drug-likeness (QED) is 0.179. The molecule has 3 rings (SSSR count). The van der Waals surface area contributed by atoms with Crippen molar-refractivity contribution in [2.24, 2.45) is 5.10 Å². The summed E-state index contributed by atoms with van der Waals surface area (Å²) in [7, 11) is 1.52. The highest BCUT2D eigenvalue weighted by Crippen LogP contribution is 2.28. The Morgan fingerprint density at radius 2 is 1.88 bits per heavy atom. The number of methoxy groups -OCH3 is 1. The van der Waals surface area contributed by atoms with E-state index >= 15 is 0 Å². The smallest absolute Gasteiger partial charge is 0.343 e. The minimum Gasteiger partial charge on any atom is -0.494 e. The zero-order valence-corrected chi connectivity index (χ0v) is 20.0. The number of nitrogens with zero attached hydrogens (tertiary/aromatic N) is 1. The van der Waals surface area contributed by atoms with E-state index < -0.39 is 5.97 Å². The first kappa shape index (κ1) is 24.5. The number of thiocarbonyl (C=S) groups is 1. The Morgan fingerprint density at radius 1 is 1.12 bits per heavy atom. The van der Waals surface area contributed by atoms with Crippen molar-refractivity contribution in [3.63, 3.8) is 0 Å². The number of carbonyl (C=O) groups is 1. The van der Waals surface area contributed by atoms with Crippen LogP contribution < -0.4 is 25.0 Å². The number of carbonyl (C=O) groups excluding carboxylic acids is 1. The molecule has 176 valence electrons. The van der Waals surface area contributed by atoms with Gasteiger partial charge in [-0.2, -0.15) is 5.10 Å². The monoisotopic (exact) mass is 469 g/mol. The van der Waals surface area contributed by atoms with Crippen LogP contribution in [-0.2, 0) is 0 Å². The van der Waals surface area contributed by atoms with E-state index in [4.69, 9.17) is 26.4 Å². The van der Waals surface area contributed by atoms with Gasteiger partial charge in [0.15, 0.2) is 16.6 Å². The van der Waals surface area contributed by atoms with Gasteiger partial charge in [-0.05, 0) is 79.5 Å². The van der Waals surface area contributed by atoms with Crippen LogP contribution in [0.15, 0.2) is 47.6 Å². The van der Waals surface area contributed by atoms with Crippen molar-refractivity contribution in [3.8, 4) is 17.2 Å². The highest BCUT2D eigenvalue weighted by Gasteiger charge is 2.14. The SMILES string of the molecule is CCCOc1ccc(C(=O)Oc2ccc(/C=N\NC(=S)NC3CCCCC3)cc2OC)cc1. The molecule has 1 fully saturated rings. The van der Waals surface area contributed by atoms with Crippen LogP contribution in [0.3, 0.4) is 0 Å². The topological polar surface area (TPSA) is 81.2 Å². The van der Waals surface area contributed by atoms with Crippen molar-refractivity contribution in [1.29, 1.82) is 0 Å². The van der Waals surface area contributed by atoms with Crippen LogP contribution in [0.4, 0.5) is 0 Å².